The van der Waals surface area contributed by atoms with Crippen LogP contribution in [0.2, 0.25) is 0 Å². The number of hydrogen-bond donors (Lipinski definition) is 0. The van der Waals surface area contributed by atoms with Crippen LogP contribution in [-0.4, -0.2) is 0 Å². The van der Waals surface area contributed by atoms with Gasteiger partial charge in [0.2, 0.25) is 0 Å². The topological polar surface area (TPSA) is 0 Å². The summed E-state index contributed by atoms with van der Waals surface area (Å²) >= 11 is 0. The van der Waals surface area contributed by atoms with E-state index in [0.29, 0.717) is 0 Å². The van der Waals surface area contributed by atoms with E-state index >= 15 is 0 Å². The normalized spacial score (nSPS) is 1.71. The minimum absolute atomic E-state index is 0. The van der Waals surface area contributed by atoms with Crippen LogP contribution in [0.4, 0.5) is 0 Å². The first kappa shape index (κ1) is 29.8. The second-order valence-electron chi connectivity index (χ2n) is 0. The summed E-state index contributed by atoms with van der Waals surface area (Å²) in [5, 5.41) is 0. The third-order valence-corrected chi connectivity index (χ3v) is 0. The maximum atomic E-state index is 3.00. The van der Waals surface area contributed by atoms with Crippen molar-refractivity contribution in [2.45, 2.75) is 0 Å². The second kappa shape index (κ2) is 1550. The van der Waals surface area contributed by atoms with Gasteiger partial charge >= 0.3 is 0 Å². The Morgan fingerprint density at radius 2 is 0.429 bits per heavy atom. The molecule has 0 aliphatic carbocycles. The van der Waals surface area contributed by atoms with Crippen molar-refractivity contribution >= 4 is 0 Å². The van der Waals surface area contributed by atoms with E-state index in [4.69, 9.17) is 0 Å². The van der Waals surface area contributed by atoms with Gasteiger partial charge in [0.15, 0.2) is 0 Å². The molecule has 0 N–H and O–H groups in total. The van der Waals surface area contributed by atoms with Gasteiger partial charge < -0.3 is 0 Å². The zero-order valence-electron chi connectivity index (χ0n) is 4.56. The van der Waals surface area contributed by atoms with Crippen LogP contribution >= 0.6 is 0 Å². The SMILES string of the molecule is C=C.C=C.C=C.[Ni]. The van der Waals surface area contributed by atoms with Gasteiger partial charge in [-0.25, -0.2) is 0 Å². The summed E-state index contributed by atoms with van der Waals surface area (Å²) in [6.07, 6.45) is 0. The Kier molecular flexibility index (Phi) is 6580. The van der Waals surface area contributed by atoms with Gasteiger partial charge in [-0.1, -0.05) is 0 Å². The third kappa shape index (κ3) is 960. The summed E-state index contributed by atoms with van der Waals surface area (Å²) in [7, 11) is 0. The van der Waals surface area contributed by atoms with Gasteiger partial charge in [-0.3, -0.25) is 0 Å². The van der Waals surface area contributed by atoms with E-state index in [1.54, 1.807) is 0 Å². The molecule has 7 heavy (non-hydrogen) atoms. The van der Waals surface area contributed by atoms with Crippen LogP contribution in [0.15, 0.2) is 39.5 Å². The zero-order chi connectivity index (χ0) is 6.00. The fourth-order valence-electron chi connectivity index (χ4n) is 0. The average molecular weight is 143 g/mol. The first-order valence-electron chi connectivity index (χ1n) is 1.50. The predicted molar refractivity (Wildman–Crippen MR) is 33.8 cm³/mol. The number of rotatable bonds is 0. The molecule has 0 rings (SSSR count). The smallest absolute Gasteiger partial charge is 0 e. The van der Waals surface area contributed by atoms with Crippen molar-refractivity contribution in [3.05, 3.63) is 39.5 Å². The fourth-order valence-corrected chi connectivity index (χ4v) is 0. The van der Waals surface area contributed by atoms with Crippen LogP contribution in [0, 0.1) is 0 Å². The molecule has 0 aliphatic rings. The third-order valence-electron chi connectivity index (χ3n) is 0. The zero-order valence-corrected chi connectivity index (χ0v) is 5.55. The van der Waals surface area contributed by atoms with Crippen molar-refractivity contribution in [2.24, 2.45) is 0 Å². The van der Waals surface area contributed by atoms with E-state index in [9.17, 15) is 0 Å². The van der Waals surface area contributed by atoms with E-state index in [1.165, 1.54) is 0 Å². The van der Waals surface area contributed by atoms with Crippen LogP contribution < -0.4 is 0 Å². The molecule has 0 atom stereocenters. The van der Waals surface area contributed by atoms with Crippen molar-refractivity contribution in [2.75, 3.05) is 0 Å². The first-order valence-corrected chi connectivity index (χ1v) is 1.50. The van der Waals surface area contributed by atoms with Crippen molar-refractivity contribution in [1.29, 1.82) is 0 Å². The van der Waals surface area contributed by atoms with Crippen molar-refractivity contribution in [3.63, 3.8) is 0 Å². The summed E-state index contributed by atoms with van der Waals surface area (Å²) in [5.41, 5.74) is 0. The Labute approximate surface area is 56.6 Å². The molecule has 0 aromatic heterocycles. The molecular formula is C6H12Ni. The van der Waals surface area contributed by atoms with Crippen molar-refractivity contribution < 1.29 is 16.5 Å². The Morgan fingerprint density at radius 3 is 0.429 bits per heavy atom. The van der Waals surface area contributed by atoms with E-state index in [-0.39, 0.29) is 16.5 Å². The Morgan fingerprint density at radius 1 is 0.429 bits per heavy atom. The minimum Gasteiger partial charge on any atom is -0.106 e. The molecule has 0 amide bonds. The summed E-state index contributed by atoms with van der Waals surface area (Å²) in [6.45, 7) is 18.0. The van der Waals surface area contributed by atoms with Crippen LogP contribution in [0.25, 0.3) is 0 Å². The average Bonchev–Trinajstić information content (AvgIpc) is 1.81. The number of hydrogen-bond acceptors (Lipinski definition) is 0. The molecule has 0 aromatic carbocycles. The van der Waals surface area contributed by atoms with Gasteiger partial charge in [0.25, 0.3) is 0 Å². The van der Waals surface area contributed by atoms with Gasteiger partial charge in [-0.15, -0.1) is 39.5 Å². The molecular weight excluding hydrogens is 131 g/mol. The van der Waals surface area contributed by atoms with Gasteiger partial charge in [-0.2, -0.15) is 0 Å². The van der Waals surface area contributed by atoms with Crippen LogP contribution in [0.1, 0.15) is 0 Å². The Hall–Kier alpha value is -0.286. The molecule has 0 radical (unpaired) electrons. The van der Waals surface area contributed by atoms with Gasteiger partial charge in [0.1, 0.15) is 0 Å². The minimum atomic E-state index is 0. The first-order chi connectivity index (χ1) is 3.00. The molecule has 0 nitrogen and oxygen atoms in total. The van der Waals surface area contributed by atoms with E-state index in [0.717, 1.165) is 0 Å². The van der Waals surface area contributed by atoms with Crippen LogP contribution in [0.5, 0.6) is 0 Å². The van der Waals surface area contributed by atoms with E-state index < -0.39 is 0 Å². The standard InChI is InChI=1S/3C2H4.Ni/c3*1-2;/h3*1-2H2;. The molecule has 1 heteroatoms. The molecule has 0 fully saturated rings. The van der Waals surface area contributed by atoms with Crippen molar-refractivity contribution in [3.8, 4) is 0 Å². The van der Waals surface area contributed by atoms with E-state index in [2.05, 4.69) is 39.5 Å². The van der Waals surface area contributed by atoms with Gasteiger partial charge in [-0.05, 0) is 0 Å². The Bertz CT molecular complexity index is 8.90. The molecule has 0 saturated heterocycles. The second-order valence-corrected chi connectivity index (χ2v) is 0. The molecule has 0 heterocycles. The molecule has 0 saturated carbocycles. The molecule has 0 unspecified atom stereocenters. The summed E-state index contributed by atoms with van der Waals surface area (Å²) < 4.78 is 0. The maximum Gasteiger partial charge on any atom is 0 e. The van der Waals surface area contributed by atoms with Crippen molar-refractivity contribution in [1.82, 2.24) is 0 Å². The summed E-state index contributed by atoms with van der Waals surface area (Å²) in [6, 6.07) is 0. The quantitative estimate of drug-likeness (QED) is 0.360. The molecule has 0 aromatic rings. The maximum absolute atomic E-state index is 3.00. The molecule has 46 valence electrons. The predicted octanol–water partition coefficient (Wildman–Crippen LogP) is 2.40. The van der Waals surface area contributed by atoms with Crippen LogP contribution in [0.3, 0.4) is 0 Å². The molecule has 0 spiro atoms. The van der Waals surface area contributed by atoms with Gasteiger partial charge in [0.05, 0.1) is 0 Å². The monoisotopic (exact) mass is 142 g/mol. The van der Waals surface area contributed by atoms with Gasteiger partial charge in [0, 0.05) is 16.5 Å². The van der Waals surface area contributed by atoms with E-state index in [1.807, 2.05) is 0 Å². The summed E-state index contributed by atoms with van der Waals surface area (Å²) in [5.74, 6) is 0. The fraction of sp³-hybridized carbons (Fsp3) is 0. The van der Waals surface area contributed by atoms with Crippen LogP contribution in [-0.2, 0) is 16.5 Å². The largest absolute Gasteiger partial charge is 0.106 e. The summed E-state index contributed by atoms with van der Waals surface area (Å²) in [4.78, 5) is 0. The molecule has 0 aliphatic heterocycles. The molecule has 0 bridgehead atoms. The Balaban J connectivity index is -0.00000000900.